The summed E-state index contributed by atoms with van der Waals surface area (Å²) in [5.74, 6) is -0.413. The maximum atomic E-state index is 12.5. The molecule has 0 atom stereocenters. The first kappa shape index (κ1) is 8.01. The highest BCUT2D eigenvalue weighted by Crippen LogP contribution is 2.06. The lowest BCUT2D eigenvalue weighted by Gasteiger charge is -1.94. The smallest absolute Gasteiger partial charge is 0.175 e. The van der Waals surface area contributed by atoms with Gasteiger partial charge in [-0.15, -0.1) is 0 Å². The fourth-order valence-corrected chi connectivity index (χ4v) is 0.792. The molecule has 0 fully saturated rings. The summed E-state index contributed by atoms with van der Waals surface area (Å²) in [6.07, 6.45) is 0. The van der Waals surface area contributed by atoms with E-state index in [2.05, 4.69) is 5.16 Å². The standard InChI is InChI=1S/C7H5ClFNO/c8-7(10-11)5-2-1-3-6(9)4-5/h1-4,11H/b10-7+. The van der Waals surface area contributed by atoms with Crippen LogP contribution in [0.2, 0.25) is 0 Å². The molecule has 0 spiro atoms. The average molecular weight is 174 g/mol. The summed E-state index contributed by atoms with van der Waals surface area (Å²) >= 11 is 5.40. The molecule has 0 aliphatic rings. The number of halogens is 2. The van der Waals surface area contributed by atoms with Crippen LogP contribution in [0.3, 0.4) is 0 Å². The van der Waals surface area contributed by atoms with E-state index in [1.165, 1.54) is 18.2 Å². The van der Waals surface area contributed by atoms with Crippen molar-refractivity contribution in [2.24, 2.45) is 5.16 Å². The zero-order valence-corrected chi connectivity index (χ0v) is 6.22. The number of rotatable bonds is 1. The van der Waals surface area contributed by atoms with E-state index in [9.17, 15) is 4.39 Å². The zero-order chi connectivity index (χ0) is 8.27. The summed E-state index contributed by atoms with van der Waals surface area (Å²) in [6.45, 7) is 0. The molecule has 0 aliphatic heterocycles. The fraction of sp³-hybridized carbons (Fsp3) is 0. The van der Waals surface area contributed by atoms with Gasteiger partial charge in [0.2, 0.25) is 0 Å². The Balaban J connectivity index is 3.06. The summed E-state index contributed by atoms with van der Waals surface area (Å²) < 4.78 is 12.5. The SMILES string of the molecule is O/N=C(/Cl)c1cccc(F)c1. The Morgan fingerprint density at radius 3 is 2.82 bits per heavy atom. The third-order valence-corrected chi connectivity index (χ3v) is 1.44. The molecule has 1 aromatic rings. The minimum atomic E-state index is -0.413. The number of hydrogen-bond acceptors (Lipinski definition) is 2. The van der Waals surface area contributed by atoms with Crippen LogP contribution in [0, 0.1) is 5.82 Å². The Labute approximate surface area is 67.9 Å². The number of hydrogen-bond donors (Lipinski definition) is 1. The van der Waals surface area contributed by atoms with E-state index >= 15 is 0 Å². The van der Waals surface area contributed by atoms with Crippen LogP contribution in [-0.2, 0) is 0 Å². The molecule has 4 heteroatoms. The second-order valence-electron chi connectivity index (χ2n) is 1.90. The Bertz CT molecular complexity index is 288. The second-order valence-corrected chi connectivity index (χ2v) is 2.26. The molecule has 0 heterocycles. The first-order chi connectivity index (χ1) is 5.24. The van der Waals surface area contributed by atoms with Crippen LogP contribution in [0.4, 0.5) is 4.39 Å². The number of benzene rings is 1. The van der Waals surface area contributed by atoms with Crippen molar-refractivity contribution in [2.45, 2.75) is 0 Å². The molecule has 0 unspecified atom stereocenters. The number of oxime groups is 1. The van der Waals surface area contributed by atoms with Crippen LogP contribution in [-0.4, -0.2) is 10.4 Å². The van der Waals surface area contributed by atoms with Crippen molar-refractivity contribution in [1.29, 1.82) is 0 Å². The normalized spacial score (nSPS) is 11.6. The van der Waals surface area contributed by atoms with Crippen LogP contribution in [0.1, 0.15) is 5.56 Å². The molecule has 58 valence electrons. The summed E-state index contributed by atoms with van der Waals surface area (Å²) in [7, 11) is 0. The van der Waals surface area contributed by atoms with Gasteiger partial charge in [0.25, 0.3) is 0 Å². The van der Waals surface area contributed by atoms with E-state index in [1.54, 1.807) is 6.07 Å². The third-order valence-electron chi connectivity index (χ3n) is 1.15. The lowest BCUT2D eigenvalue weighted by atomic mass is 10.2. The van der Waals surface area contributed by atoms with Gasteiger partial charge in [0.1, 0.15) is 5.82 Å². The molecule has 1 rings (SSSR count). The third kappa shape index (κ3) is 1.91. The van der Waals surface area contributed by atoms with E-state index < -0.39 is 5.82 Å². The fourth-order valence-electron chi connectivity index (χ4n) is 0.675. The predicted octanol–water partition coefficient (Wildman–Crippen LogP) is 2.20. The van der Waals surface area contributed by atoms with E-state index in [4.69, 9.17) is 16.8 Å². The summed E-state index contributed by atoms with van der Waals surface area (Å²) in [4.78, 5) is 0. The second kappa shape index (κ2) is 3.34. The van der Waals surface area contributed by atoms with Crippen molar-refractivity contribution >= 4 is 16.8 Å². The van der Waals surface area contributed by atoms with Crippen molar-refractivity contribution in [3.8, 4) is 0 Å². The van der Waals surface area contributed by atoms with Crippen LogP contribution in [0.25, 0.3) is 0 Å². The van der Waals surface area contributed by atoms with Crippen molar-refractivity contribution in [3.63, 3.8) is 0 Å². The van der Waals surface area contributed by atoms with Crippen molar-refractivity contribution < 1.29 is 9.60 Å². The molecule has 0 bridgehead atoms. The van der Waals surface area contributed by atoms with Gasteiger partial charge in [0.15, 0.2) is 5.17 Å². The Morgan fingerprint density at radius 1 is 1.55 bits per heavy atom. The average Bonchev–Trinajstić information content (AvgIpc) is 2.03. The van der Waals surface area contributed by atoms with Gasteiger partial charge < -0.3 is 5.21 Å². The first-order valence-corrected chi connectivity index (χ1v) is 3.25. The Morgan fingerprint density at radius 2 is 2.27 bits per heavy atom. The predicted molar refractivity (Wildman–Crippen MR) is 40.6 cm³/mol. The van der Waals surface area contributed by atoms with Gasteiger partial charge in [-0.25, -0.2) is 4.39 Å². The van der Waals surface area contributed by atoms with Gasteiger partial charge in [-0.2, -0.15) is 0 Å². The molecule has 1 aromatic carbocycles. The van der Waals surface area contributed by atoms with E-state index in [0.717, 1.165) is 0 Å². The van der Waals surface area contributed by atoms with Gasteiger partial charge in [0.05, 0.1) is 0 Å². The van der Waals surface area contributed by atoms with Gasteiger partial charge >= 0.3 is 0 Å². The maximum absolute atomic E-state index is 12.5. The highest BCUT2D eigenvalue weighted by atomic mass is 35.5. The van der Waals surface area contributed by atoms with Gasteiger partial charge in [-0.1, -0.05) is 28.9 Å². The zero-order valence-electron chi connectivity index (χ0n) is 5.46. The topological polar surface area (TPSA) is 32.6 Å². The Kier molecular flexibility index (Phi) is 2.44. The molecule has 0 radical (unpaired) electrons. The summed E-state index contributed by atoms with van der Waals surface area (Å²) in [5, 5.41) is 10.8. The lowest BCUT2D eigenvalue weighted by molar-refractivity contribution is 0.321. The van der Waals surface area contributed by atoms with Gasteiger partial charge in [0, 0.05) is 5.56 Å². The van der Waals surface area contributed by atoms with Crippen molar-refractivity contribution in [1.82, 2.24) is 0 Å². The summed E-state index contributed by atoms with van der Waals surface area (Å²) in [6, 6.07) is 5.50. The highest BCUT2D eigenvalue weighted by molar-refractivity contribution is 6.69. The van der Waals surface area contributed by atoms with Crippen LogP contribution in [0.5, 0.6) is 0 Å². The molecule has 0 saturated heterocycles. The molecule has 2 nitrogen and oxygen atoms in total. The molecule has 1 N–H and O–H groups in total. The lowest BCUT2D eigenvalue weighted by Crippen LogP contribution is -1.90. The Hall–Kier alpha value is -1.09. The molecule has 0 aromatic heterocycles. The number of nitrogens with zero attached hydrogens (tertiary/aromatic N) is 1. The molecule has 0 amide bonds. The van der Waals surface area contributed by atoms with E-state index in [-0.39, 0.29) is 5.17 Å². The monoisotopic (exact) mass is 173 g/mol. The van der Waals surface area contributed by atoms with Crippen LogP contribution in [0.15, 0.2) is 29.4 Å². The molecular formula is C7H5ClFNO. The van der Waals surface area contributed by atoms with Gasteiger partial charge in [-0.05, 0) is 12.1 Å². The van der Waals surface area contributed by atoms with Crippen molar-refractivity contribution in [3.05, 3.63) is 35.6 Å². The molecule has 0 aliphatic carbocycles. The minimum Gasteiger partial charge on any atom is -0.410 e. The van der Waals surface area contributed by atoms with Crippen molar-refractivity contribution in [2.75, 3.05) is 0 Å². The largest absolute Gasteiger partial charge is 0.410 e. The van der Waals surface area contributed by atoms with Crippen LogP contribution >= 0.6 is 11.6 Å². The molecular weight excluding hydrogens is 169 g/mol. The van der Waals surface area contributed by atoms with E-state index in [0.29, 0.717) is 5.56 Å². The molecule has 11 heavy (non-hydrogen) atoms. The maximum Gasteiger partial charge on any atom is 0.175 e. The van der Waals surface area contributed by atoms with Gasteiger partial charge in [-0.3, -0.25) is 0 Å². The van der Waals surface area contributed by atoms with Crippen LogP contribution < -0.4 is 0 Å². The highest BCUT2D eigenvalue weighted by Gasteiger charge is 1.99. The van der Waals surface area contributed by atoms with E-state index in [1.807, 2.05) is 0 Å². The quantitative estimate of drug-likeness (QED) is 0.394. The minimum absolute atomic E-state index is 0.121. The summed E-state index contributed by atoms with van der Waals surface area (Å²) in [5.41, 5.74) is 0.356. The first-order valence-electron chi connectivity index (χ1n) is 2.87. The molecule has 0 saturated carbocycles.